The molecule has 0 radical (unpaired) electrons. The van der Waals surface area contributed by atoms with Gasteiger partial charge in [-0.3, -0.25) is 18.8 Å². The van der Waals surface area contributed by atoms with Crippen LogP contribution in [0.2, 0.25) is 0 Å². The Bertz CT molecular complexity index is 1640. The molecule has 0 aliphatic carbocycles. The normalized spacial score (nSPS) is 14.2. The van der Waals surface area contributed by atoms with E-state index in [1.165, 1.54) is 47.2 Å². The van der Waals surface area contributed by atoms with Crippen LogP contribution in [0.15, 0.2) is 46.1 Å². The van der Waals surface area contributed by atoms with E-state index in [0.717, 1.165) is 0 Å². The van der Waals surface area contributed by atoms with E-state index in [0.29, 0.717) is 26.7 Å². The summed E-state index contributed by atoms with van der Waals surface area (Å²) < 4.78 is 36.0. The van der Waals surface area contributed by atoms with Crippen LogP contribution in [-0.4, -0.2) is 56.0 Å². The fourth-order valence-electron chi connectivity index (χ4n) is 4.07. The number of nitrogens with zero attached hydrogens (tertiary/aromatic N) is 5. The third-order valence-electron chi connectivity index (χ3n) is 5.85. The first kappa shape index (κ1) is 25.1. The summed E-state index contributed by atoms with van der Waals surface area (Å²) in [4.78, 5) is 32.9. The van der Waals surface area contributed by atoms with Crippen molar-refractivity contribution in [2.45, 2.75) is 25.7 Å². The van der Waals surface area contributed by atoms with E-state index in [1.54, 1.807) is 29.1 Å². The third kappa shape index (κ3) is 5.01. The van der Waals surface area contributed by atoms with Gasteiger partial charge in [0, 0.05) is 17.8 Å². The molecule has 1 aromatic carbocycles. The van der Waals surface area contributed by atoms with Crippen molar-refractivity contribution in [1.82, 2.24) is 24.2 Å². The van der Waals surface area contributed by atoms with E-state index < -0.39 is 17.0 Å². The first-order valence-corrected chi connectivity index (χ1v) is 12.8. The summed E-state index contributed by atoms with van der Waals surface area (Å²) in [6.45, 7) is 1.43. The number of ether oxygens (including phenoxy) is 1. The molecule has 12 heteroatoms. The number of methoxy groups -OCH3 is 1. The van der Waals surface area contributed by atoms with Crippen molar-refractivity contribution in [1.29, 1.82) is 0 Å². The van der Waals surface area contributed by atoms with E-state index in [1.807, 2.05) is 0 Å². The van der Waals surface area contributed by atoms with Gasteiger partial charge in [-0.2, -0.15) is 0 Å². The average molecular weight is 588 g/mol. The second-order valence-corrected chi connectivity index (χ2v) is 10.7. The number of likely N-dealkylation sites (tertiary alicyclic amines) is 1. The molecule has 4 heterocycles. The summed E-state index contributed by atoms with van der Waals surface area (Å²) in [6, 6.07) is 6.15. The first-order valence-electron chi connectivity index (χ1n) is 11.2. The predicted molar refractivity (Wildman–Crippen MR) is 139 cm³/mol. The van der Waals surface area contributed by atoms with Gasteiger partial charge in [0.15, 0.2) is 0 Å². The molecule has 1 fully saturated rings. The molecular weight excluding hydrogens is 568 g/mol. The number of carbonyl (C=O) groups is 1. The summed E-state index contributed by atoms with van der Waals surface area (Å²) >= 11 is 4.44. The summed E-state index contributed by atoms with van der Waals surface area (Å²) in [5.41, 5.74) is -0.762. The largest absolute Gasteiger partial charge is 0.480 e. The van der Waals surface area contributed by atoms with Crippen molar-refractivity contribution in [2.75, 3.05) is 20.2 Å². The number of hydrogen-bond donors (Lipinski definition) is 0. The van der Waals surface area contributed by atoms with Crippen LogP contribution in [0.3, 0.4) is 0 Å². The lowest BCUT2D eigenvalue weighted by Gasteiger charge is -2.42. The lowest BCUT2D eigenvalue weighted by Crippen LogP contribution is -2.60. The van der Waals surface area contributed by atoms with Gasteiger partial charge in [0.2, 0.25) is 11.8 Å². The van der Waals surface area contributed by atoms with Crippen LogP contribution in [0.1, 0.15) is 11.8 Å². The highest BCUT2D eigenvalue weighted by molar-refractivity contribution is 9.10. The number of benzene rings is 1. The fraction of sp³-hybridized carbons (Fsp3) is 0.280. The van der Waals surface area contributed by atoms with Crippen molar-refractivity contribution in [3.8, 4) is 28.8 Å². The van der Waals surface area contributed by atoms with E-state index in [9.17, 15) is 18.4 Å². The van der Waals surface area contributed by atoms with Crippen LogP contribution in [0.25, 0.3) is 21.3 Å². The molecule has 0 spiro atoms. The summed E-state index contributed by atoms with van der Waals surface area (Å²) in [5, 5.41) is 4.50. The molecule has 4 aromatic rings. The highest BCUT2D eigenvalue weighted by atomic mass is 79.9. The Morgan fingerprint density at radius 2 is 2.11 bits per heavy atom. The third-order valence-corrected chi connectivity index (χ3v) is 7.48. The summed E-state index contributed by atoms with van der Waals surface area (Å²) in [6.07, 6.45) is 3.04. The molecule has 8 nitrogen and oxygen atoms in total. The molecule has 0 N–H and O–H groups in total. The van der Waals surface area contributed by atoms with Gasteiger partial charge in [0.25, 0.3) is 5.56 Å². The Morgan fingerprint density at radius 1 is 1.32 bits per heavy atom. The zero-order chi connectivity index (χ0) is 26.3. The minimum Gasteiger partial charge on any atom is -0.480 e. The topological polar surface area (TPSA) is 82.2 Å². The monoisotopic (exact) mass is 587 g/mol. The van der Waals surface area contributed by atoms with Crippen molar-refractivity contribution in [2.24, 2.45) is 0 Å². The zero-order valence-electron chi connectivity index (χ0n) is 19.8. The van der Waals surface area contributed by atoms with Gasteiger partial charge in [-0.25, -0.2) is 13.8 Å². The first-order chi connectivity index (χ1) is 17.6. The summed E-state index contributed by atoms with van der Waals surface area (Å²) in [5.74, 6) is 5.80. The number of aromatic nitrogens is 4. The van der Waals surface area contributed by atoms with E-state index in [2.05, 4.69) is 37.9 Å². The average Bonchev–Trinajstić information content (AvgIpc) is 3.46. The quantitative estimate of drug-likeness (QED) is 0.331. The molecule has 1 aliphatic heterocycles. The van der Waals surface area contributed by atoms with Gasteiger partial charge in [0.05, 0.1) is 41.3 Å². The minimum atomic E-state index is -1.41. The maximum absolute atomic E-state index is 14.0. The maximum atomic E-state index is 14.0. The van der Waals surface area contributed by atoms with Gasteiger partial charge in [-0.15, -0.1) is 16.4 Å². The van der Waals surface area contributed by atoms with Gasteiger partial charge >= 0.3 is 0 Å². The predicted octanol–water partition coefficient (Wildman–Crippen LogP) is 3.85. The number of hydrogen-bond acceptors (Lipinski definition) is 6. The second kappa shape index (κ2) is 9.72. The van der Waals surface area contributed by atoms with Crippen LogP contribution < -0.4 is 10.3 Å². The second-order valence-electron chi connectivity index (χ2n) is 8.81. The molecule has 0 bridgehead atoms. The molecule has 0 unspecified atom stereocenters. The van der Waals surface area contributed by atoms with Crippen molar-refractivity contribution in [3.05, 3.63) is 62.3 Å². The van der Waals surface area contributed by atoms with Gasteiger partial charge in [-0.05, 0) is 40.5 Å². The molecule has 5 rings (SSSR count). The van der Waals surface area contributed by atoms with Crippen molar-refractivity contribution in [3.63, 3.8) is 0 Å². The van der Waals surface area contributed by atoms with Gasteiger partial charge in [-0.1, -0.05) is 17.9 Å². The number of carbonyl (C=O) groups excluding carboxylic acids is 1. The Balaban J connectivity index is 1.56. The van der Waals surface area contributed by atoms with Crippen LogP contribution in [0.5, 0.6) is 5.88 Å². The van der Waals surface area contributed by atoms with Crippen LogP contribution in [0.4, 0.5) is 8.78 Å². The van der Waals surface area contributed by atoms with E-state index >= 15 is 0 Å². The molecule has 1 amide bonds. The molecule has 1 saturated heterocycles. The molecule has 3 aromatic heterocycles. The standard InChI is InChI=1S/C25H20BrF2N5O3S/c1-25(28)12-32(13-25)20(34)11-31-14-29-23-22(24(31)35)21(15-5-6-17(27)16(26)10-15)18(37-23)4-3-8-33-9-7-19(30-33)36-2/h5-7,9-10,14H,8,11-13H2,1-2H3. The number of rotatable bonds is 5. The lowest BCUT2D eigenvalue weighted by molar-refractivity contribution is -0.144. The Kier molecular flexibility index (Phi) is 6.59. The number of fused-ring (bicyclic) bond motifs is 1. The number of halogens is 3. The molecular formula is C25H20BrF2N5O3S. The smallest absolute Gasteiger partial charge is 0.263 e. The highest BCUT2D eigenvalue weighted by Gasteiger charge is 2.41. The van der Waals surface area contributed by atoms with E-state index in [4.69, 9.17) is 4.74 Å². The zero-order valence-corrected chi connectivity index (χ0v) is 22.2. The molecule has 190 valence electrons. The number of alkyl halides is 1. The Labute approximate surface area is 222 Å². The van der Waals surface area contributed by atoms with Crippen LogP contribution in [-0.2, 0) is 17.9 Å². The number of amides is 1. The van der Waals surface area contributed by atoms with Crippen molar-refractivity contribution < 1.29 is 18.3 Å². The Morgan fingerprint density at radius 3 is 2.78 bits per heavy atom. The lowest BCUT2D eigenvalue weighted by atomic mass is 9.99. The SMILES string of the molecule is COc1ccn(CC#Cc2sc3ncn(CC(=O)N4CC(C)(F)C4)c(=O)c3c2-c2ccc(F)c(Br)c2)n1. The highest BCUT2D eigenvalue weighted by Crippen LogP contribution is 2.37. The van der Waals surface area contributed by atoms with Crippen LogP contribution >= 0.6 is 27.3 Å². The van der Waals surface area contributed by atoms with Crippen molar-refractivity contribution >= 4 is 43.4 Å². The molecule has 1 aliphatic rings. The fourth-order valence-corrected chi connectivity index (χ4v) is 5.48. The van der Waals surface area contributed by atoms with Gasteiger partial charge < -0.3 is 9.64 Å². The maximum Gasteiger partial charge on any atom is 0.263 e. The molecule has 0 atom stereocenters. The molecule has 0 saturated carbocycles. The molecule has 37 heavy (non-hydrogen) atoms. The minimum absolute atomic E-state index is 0.00850. The van der Waals surface area contributed by atoms with E-state index in [-0.39, 0.29) is 41.9 Å². The van der Waals surface area contributed by atoms with Crippen LogP contribution in [0, 0.1) is 17.7 Å². The summed E-state index contributed by atoms with van der Waals surface area (Å²) in [7, 11) is 1.53. The van der Waals surface area contributed by atoms with Gasteiger partial charge in [0.1, 0.15) is 29.4 Å². The Hall–Kier alpha value is -3.56. The number of thiophene rings is 1.